The van der Waals surface area contributed by atoms with Crippen LogP contribution in [0.4, 0.5) is 0 Å². The van der Waals surface area contributed by atoms with Crippen molar-refractivity contribution in [1.29, 1.82) is 0 Å². The average Bonchev–Trinajstić information content (AvgIpc) is 2.24. The van der Waals surface area contributed by atoms with Crippen molar-refractivity contribution < 1.29 is 19.7 Å². The summed E-state index contributed by atoms with van der Waals surface area (Å²) in [5.41, 5.74) is 0.646. The van der Waals surface area contributed by atoms with E-state index < -0.39 is 12.1 Å². The minimum atomic E-state index is -0.707. The second-order valence-electron chi connectivity index (χ2n) is 3.48. The zero-order valence-corrected chi connectivity index (χ0v) is 9.01. The van der Waals surface area contributed by atoms with E-state index in [-0.39, 0.29) is 17.9 Å². The number of carbonyl (C=O) groups is 1. The Labute approximate surface area is 93.8 Å². The molecule has 1 aromatic carbocycles. The van der Waals surface area contributed by atoms with Crippen LogP contribution in [-0.4, -0.2) is 28.9 Å². The molecule has 0 spiro atoms. The summed E-state index contributed by atoms with van der Waals surface area (Å²) in [6.07, 6.45) is -0.707. The first-order valence-corrected chi connectivity index (χ1v) is 4.84. The molecule has 0 saturated carbocycles. The number of aromatic hydroxyl groups is 1. The summed E-state index contributed by atoms with van der Waals surface area (Å²) in [7, 11) is 0. The van der Waals surface area contributed by atoms with Crippen LogP contribution in [-0.2, 0) is 9.53 Å². The smallest absolute Gasteiger partial charge is 0.338 e. The van der Waals surface area contributed by atoms with Crippen molar-refractivity contribution in [2.45, 2.75) is 13.0 Å². The van der Waals surface area contributed by atoms with Gasteiger partial charge in [0.1, 0.15) is 12.4 Å². The van der Waals surface area contributed by atoms with Gasteiger partial charge < -0.3 is 14.9 Å². The van der Waals surface area contributed by atoms with Gasteiger partial charge in [0.25, 0.3) is 0 Å². The van der Waals surface area contributed by atoms with Crippen molar-refractivity contribution in [2.24, 2.45) is 0 Å². The van der Waals surface area contributed by atoms with Crippen molar-refractivity contribution >= 4 is 11.5 Å². The Morgan fingerprint density at radius 1 is 1.56 bits per heavy atom. The third-order valence-corrected chi connectivity index (χ3v) is 1.90. The molecule has 0 aromatic heterocycles. The maximum absolute atomic E-state index is 11.4. The van der Waals surface area contributed by atoms with E-state index in [1.54, 1.807) is 12.1 Å². The molecule has 4 heteroatoms. The van der Waals surface area contributed by atoms with Gasteiger partial charge in [0.05, 0.1) is 11.7 Å². The molecule has 86 valence electrons. The van der Waals surface area contributed by atoms with Crippen LogP contribution in [0.25, 0.3) is 5.57 Å². The molecule has 16 heavy (non-hydrogen) atoms. The minimum Gasteiger partial charge on any atom is -0.508 e. The lowest BCUT2D eigenvalue weighted by Crippen LogP contribution is -2.15. The molecule has 4 nitrogen and oxygen atoms in total. The van der Waals surface area contributed by atoms with Gasteiger partial charge in [-0.1, -0.05) is 18.7 Å². The van der Waals surface area contributed by atoms with E-state index >= 15 is 0 Å². The topological polar surface area (TPSA) is 66.8 Å². The summed E-state index contributed by atoms with van der Waals surface area (Å²) in [6, 6.07) is 6.17. The number of aliphatic hydroxyl groups excluding tert-OH is 1. The molecular weight excluding hydrogens is 208 g/mol. The second-order valence-corrected chi connectivity index (χ2v) is 3.48. The van der Waals surface area contributed by atoms with Gasteiger partial charge in [-0.3, -0.25) is 0 Å². The van der Waals surface area contributed by atoms with Gasteiger partial charge in [-0.05, 0) is 24.6 Å². The van der Waals surface area contributed by atoms with Crippen molar-refractivity contribution in [1.82, 2.24) is 0 Å². The molecule has 0 aliphatic carbocycles. The number of phenolic OH excluding ortho intramolecular Hbond substituents is 1. The quantitative estimate of drug-likeness (QED) is 0.595. The SMILES string of the molecule is C=C(C(=O)OCC(C)O)c1cccc(O)c1. The maximum atomic E-state index is 11.4. The van der Waals surface area contributed by atoms with Gasteiger partial charge >= 0.3 is 5.97 Å². The first-order chi connectivity index (χ1) is 7.50. The van der Waals surface area contributed by atoms with Crippen LogP contribution in [0.15, 0.2) is 30.8 Å². The summed E-state index contributed by atoms with van der Waals surface area (Å²) in [5, 5.41) is 18.2. The summed E-state index contributed by atoms with van der Waals surface area (Å²) in [4.78, 5) is 11.4. The lowest BCUT2D eigenvalue weighted by molar-refractivity contribution is -0.139. The van der Waals surface area contributed by atoms with Crippen molar-refractivity contribution in [3.05, 3.63) is 36.4 Å². The van der Waals surface area contributed by atoms with Gasteiger partial charge in [0.15, 0.2) is 0 Å². The fourth-order valence-electron chi connectivity index (χ4n) is 1.09. The summed E-state index contributed by atoms with van der Waals surface area (Å²) >= 11 is 0. The molecule has 0 bridgehead atoms. The third kappa shape index (κ3) is 3.40. The van der Waals surface area contributed by atoms with Gasteiger partial charge in [-0.25, -0.2) is 4.79 Å². The number of ether oxygens (including phenoxy) is 1. The maximum Gasteiger partial charge on any atom is 0.338 e. The number of benzene rings is 1. The molecule has 1 rings (SSSR count). The minimum absolute atomic E-state index is 0.0574. The highest BCUT2D eigenvalue weighted by Gasteiger charge is 2.12. The molecule has 1 unspecified atom stereocenters. The molecule has 0 saturated heterocycles. The van der Waals surface area contributed by atoms with Gasteiger partial charge in [0, 0.05) is 0 Å². The third-order valence-electron chi connectivity index (χ3n) is 1.90. The van der Waals surface area contributed by atoms with Crippen LogP contribution >= 0.6 is 0 Å². The van der Waals surface area contributed by atoms with Gasteiger partial charge in [-0.2, -0.15) is 0 Å². The lowest BCUT2D eigenvalue weighted by atomic mass is 10.1. The van der Waals surface area contributed by atoms with Crippen molar-refractivity contribution in [2.75, 3.05) is 6.61 Å². The van der Waals surface area contributed by atoms with E-state index in [0.29, 0.717) is 5.56 Å². The van der Waals surface area contributed by atoms with E-state index in [0.717, 1.165) is 0 Å². The molecular formula is C12H14O4. The summed E-state index contributed by atoms with van der Waals surface area (Å²) in [6.45, 7) is 5.02. The van der Waals surface area contributed by atoms with Crippen LogP contribution in [0.5, 0.6) is 5.75 Å². The van der Waals surface area contributed by atoms with Gasteiger partial charge in [-0.15, -0.1) is 0 Å². The fourth-order valence-corrected chi connectivity index (χ4v) is 1.09. The van der Waals surface area contributed by atoms with Crippen molar-refractivity contribution in [3.8, 4) is 5.75 Å². The van der Waals surface area contributed by atoms with Crippen molar-refractivity contribution in [3.63, 3.8) is 0 Å². The highest BCUT2D eigenvalue weighted by atomic mass is 16.5. The number of rotatable bonds is 4. The molecule has 0 amide bonds. The monoisotopic (exact) mass is 222 g/mol. The fraction of sp³-hybridized carbons (Fsp3) is 0.250. The second kappa shape index (κ2) is 5.32. The predicted octanol–water partition coefficient (Wildman–Crippen LogP) is 1.33. The van der Waals surface area contributed by atoms with E-state index in [9.17, 15) is 9.90 Å². The van der Waals surface area contributed by atoms with Crippen LogP contribution in [0.2, 0.25) is 0 Å². The van der Waals surface area contributed by atoms with Crippen LogP contribution in [0.3, 0.4) is 0 Å². The molecule has 0 aliphatic heterocycles. The van der Waals surface area contributed by atoms with E-state index in [4.69, 9.17) is 9.84 Å². The average molecular weight is 222 g/mol. The zero-order chi connectivity index (χ0) is 12.1. The number of carbonyl (C=O) groups excluding carboxylic acids is 1. The van der Waals surface area contributed by atoms with E-state index in [1.807, 2.05) is 0 Å². The number of hydrogen-bond donors (Lipinski definition) is 2. The Morgan fingerprint density at radius 2 is 2.25 bits per heavy atom. The standard InChI is InChI=1S/C12H14O4/c1-8(13)7-16-12(15)9(2)10-4-3-5-11(14)6-10/h3-6,8,13-14H,2,7H2,1H3. The number of aliphatic hydroxyl groups is 1. The summed E-state index contributed by atoms with van der Waals surface area (Å²) in [5.74, 6) is -0.548. The molecule has 0 fully saturated rings. The first-order valence-electron chi connectivity index (χ1n) is 4.84. The largest absolute Gasteiger partial charge is 0.508 e. The van der Waals surface area contributed by atoms with E-state index in [2.05, 4.69) is 6.58 Å². The predicted molar refractivity (Wildman–Crippen MR) is 59.8 cm³/mol. The molecule has 1 atom stereocenters. The van der Waals surface area contributed by atoms with Crippen LogP contribution in [0.1, 0.15) is 12.5 Å². The Balaban J connectivity index is 2.67. The Kier molecular flexibility index (Phi) is 4.08. The van der Waals surface area contributed by atoms with Crippen LogP contribution in [0, 0.1) is 0 Å². The summed E-state index contributed by atoms with van der Waals surface area (Å²) < 4.78 is 4.79. The van der Waals surface area contributed by atoms with Crippen LogP contribution < -0.4 is 0 Å². The normalized spacial score (nSPS) is 11.9. The number of phenols is 1. The zero-order valence-electron chi connectivity index (χ0n) is 9.01. The molecule has 1 aromatic rings. The Morgan fingerprint density at radius 3 is 2.81 bits per heavy atom. The molecule has 0 radical (unpaired) electrons. The molecule has 0 heterocycles. The molecule has 0 aliphatic rings. The highest BCUT2D eigenvalue weighted by molar-refractivity contribution is 6.15. The Hall–Kier alpha value is -1.81. The number of hydrogen-bond acceptors (Lipinski definition) is 4. The van der Waals surface area contributed by atoms with Gasteiger partial charge in [0.2, 0.25) is 0 Å². The Bertz CT molecular complexity index is 396. The highest BCUT2D eigenvalue weighted by Crippen LogP contribution is 2.18. The molecule has 2 N–H and O–H groups in total. The first kappa shape index (κ1) is 12.3. The number of esters is 1. The van der Waals surface area contributed by atoms with E-state index in [1.165, 1.54) is 19.1 Å². The lowest BCUT2D eigenvalue weighted by Gasteiger charge is -2.08.